The number of nitrogens with zero attached hydrogens (tertiary/aromatic N) is 3. The van der Waals surface area contributed by atoms with Crippen LogP contribution in [0.25, 0.3) is 11.3 Å². The Kier molecular flexibility index (Phi) is 5.33. The predicted molar refractivity (Wildman–Crippen MR) is 108 cm³/mol. The smallest absolute Gasteiger partial charge is 0.261 e. The summed E-state index contributed by atoms with van der Waals surface area (Å²) in [6.07, 6.45) is 1.70. The van der Waals surface area contributed by atoms with Crippen LogP contribution in [0.1, 0.15) is 10.4 Å². The molecule has 0 saturated carbocycles. The Morgan fingerprint density at radius 2 is 1.96 bits per heavy atom. The molecule has 0 radical (unpaired) electrons. The van der Waals surface area contributed by atoms with Crippen molar-refractivity contribution in [1.29, 1.82) is 0 Å². The highest BCUT2D eigenvalue weighted by Gasteiger charge is 2.20. The van der Waals surface area contributed by atoms with Crippen LogP contribution in [-0.2, 0) is 4.74 Å². The lowest BCUT2D eigenvalue weighted by molar-refractivity contribution is 0.102. The highest BCUT2D eigenvalue weighted by molar-refractivity contribution is 7.14. The molecule has 4 rings (SSSR count). The summed E-state index contributed by atoms with van der Waals surface area (Å²) in [5, 5.41) is 6.01. The first-order valence-corrected chi connectivity index (χ1v) is 9.77. The van der Waals surface area contributed by atoms with E-state index in [1.807, 2.05) is 29.6 Å². The summed E-state index contributed by atoms with van der Waals surface area (Å²) in [6.45, 7) is 2.70. The van der Waals surface area contributed by atoms with Gasteiger partial charge in [0.15, 0.2) is 5.13 Å². The molecule has 1 aliphatic heterocycles. The Hall–Kier alpha value is -2.48. The van der Waals surface area contributed by atoms with E-state index < -0.39 is 0 Å². The second kappa shape index (κ2) is 8.04. The Balaban J connectivity index is 1.52. The van der Waals surface area contributed by atoms with Crippen molar-refractivity contribution in [2.45, 2.75) is 0 Å². The van der Waals surface area contributed by atoms with E-state index >= 15 is 0 Å². The van der Waals surface area contributed by atoms with E-state index in [4.69, 9.17) is 16.3 Å². The highest BCUT2D eigenvalue weighted by atomic mass is 35.5. The van der Waals surface area contributed by atoms with Crippen LogP contribution in [-0.4, -0.2) is 42.2 Å². The van der Waals surface area contributed by atoms with E-state index in [1.54, 1.807) is 18.3 Å². The molecule has 3 aromatic rings. The lowest BCUT2D eigenvalue weighted by atomic mass is 10.2. The number of amides is 1. The number of aromatic nitrogens is 2. The maximum atomic E-state index is 12.8. The number of nitrogens with one attached hydrogen (secondary N) is 1. The molecule has 1 amide bonds. The Bertz CT molecular complexity index is 939. The molecule has 8 heteroatoms. The fourth-order valence-electron chi connectivity index (χ4n) is 2.85. The van der Waals surface area contributed by atoms with Crippen LogP contribution in [0.3, 0.4) is 0 Å². The van der Waals surface area contributed by atoms with E-state index in [2.05, 4.69) is 20.2 Å². The normalized spacial score (nSPS) is 14.2. The molecule has 0 spiro atoms. The van der Waals surface area contributed by atoms with Crippen LogP contribution in [0.4, 0.5) is 10.9 Å². The van der Waals surface area contributed by atoms with Crippen molar-refractivity contribution in [2.75, 3.05) is 36.5 Å². The maximum Gasteiger partial charge on any atom is 0.261 e. The number of morpholine rings is 1. The molecule has 1 saturated heterocycles. The van der Waals surface area contributed by atoms with Gasteiger partial charge in [0.05, 0.1) is 24.5 Å². The van der Waals surface area contributed by atoms with Gasteiger partial charge in [-0.1, -0.05) is 23.7 Å². The number of rotatable bonds is 4. The monoisotopic (exact) mass is 400 g/mol. The summed E-state index contributed by atoms with van der Waals surface area (Å²) >= 11 is 7.31. The van der Waals surface area contributed by atoms with Crippen LogP contribution in [0.5, 0.6) is 0 Å². The molecular weight excluding hydrogens is 384 g/mol. The lowest BCUT2D eigenvalue weighted by Gasteiger charge is -2.29. The number of hydrogen-bond acceptors (Lipinski definition) is 6. The molecule has 0 atom stereocenters. The Morgan fingerprint density at radius 3 is 2.74 bits per heavy atom. The van der Waals surface area contributed by atoms with Gasteiger partial charge < -0.3 is 9.64 Å². The zero-order valence-corrected chi connectivity index (χ0v) is 16.0. The molecule has 27 heavy (non-hydrogen) atoms. The third-order valence-corrected chi connectivity index (χ3v) is 5.22. The van der Waals surface area contributed by atoms with Crippen molar-refractivity contribution in [1.82, 2.24) is 9.97 Å². The van der Waals surface area contributed by atoms with Crippen LogP contribution < -0.4 is 10.2 Å². The Morgan fingerprint density at radius 1 is 1.19 bits per heavy atom. The first kappa shape index (κ1) is 17.9. The number of halogens is 1. The summed E-state index contributed by atoms with van der Waals surface area (Å²) in [4.78, 5) is 23.8. The molecule has 0 bridgehead atoms. The van der Waals surface area contributed by atoms with Crippen molar-refractivity contribution >= 4 is 39.8 Å². The van der Waals surface area contributed by atoms with E-state index in [0.29, 0.717) is 34.7 Å². The first-order chi connectivity index (χ1) is 13.2. The minimum Gasteiger partial charge on any atom is -0.378 e. The average molecular weight is 401 g/mol. The zero-order chi connectivity index (χ0) is 18.6. The summed E-state index contributed by atoms with van der Waals surface area (Å²) in [7, 11) is 0. The van der Waals surface area contributed by atoms with Gasteiger partial charge >= 0.3 is 0 Å². The molecule has 1 aromatic carbocycles. The zero-order valence-electron chi connectivity index (χ0n) is 14.4. The standard InChI is InChI=1S/C19H17ClN4O2S/c20-14-5-3-13(4-6-14)16-12-27-19(22-16)23-18(25)15-2-1-7-21-17(15)24-8-10-26-11-9-24/h1-7,12H,8-11H2,(H,22,23,25). The van der Waals surface area contributed by atoms with Crippen LogP contribution in [0, 0.1) is 0 Å². The second-order valence-corrected chi connectivity index (χ2v) is 7.27. The summed E-state index contributed by atoms with van der Waals surface area (Å²) < 4.78 is 5.38. The van der Waals surface area contributed by atoms with Gasteiger partial charge in [0.1, 0.15) is 5.82 Å². The molecule has 0 aliphatic carbocycles. The van der Waals surface area contributed by atoms with Gasteiger partial charge in [0.25, 0.3) is 5.91 Å². The number of benzene rings is 1. The molecule has 1 aliphatic rings. The van der Waals surface area contributed by atoms with Crippen molar-refractivity contribution < 1.29 is 9.53 Å². The lowest BCUT2D eigenvalue weighted by Crippen LogP contribution is -2.38. The SMILES string of the molecule is O=C(Nc1nc(-c2ccc(Cl)cc2)cs1)c1cccnc1N1CCOCC1. The largest absolute Gasteiger partial charge is 0.378 e. The van der Waals surface area contributed by atoms with Crippen LogP contribution >= 0.6 is 22.9 Å². The quantitative estimate of drug-likeness (QED) is 0.718. The average Bonchev–Trinajstić information content (AvgIpc) is 3.17. The van der Waals surface area contributed by atoms with Crippen molar-refractivity contribution in [3.63, 3.8) is 0 Å². The van der Waals surface area contributed by atoms with Crippen molar-refractivity contribution in [3.05, 3.63) is 58.6 Å². The van der Waals surface area contributed by atoms with Gasteiger partial charge in [-0.25, -0.2) is 9.97 Å². The second-order valence-electron chi connectivity index (χ2n) is 5.97. The van der Waals surface area contributed by atoms with Gasteiger partial charge in [-0.2, -0.15) is 0 Å². The minimum atomic E-state index is -0.221. The third-order valence-electron chi connectivity index (χ3n) is 4.21. The molecule has 1 fully saturated rings. The molecular formula is C19H17ClN4O2S. The molecule has 138 valence electrons. The van der Waals surface area contributed by atoms with Gasteiger partial charge in [-0.15, -0.1) is 11.3 Å². The number of carbonyl (C=O) groups excluding carboxylic acids is 1. The van der Waals surface area contributed by atoms with Crippen molar-refractivity contribution in [3.8, 4) is 11.3 Å². The van der Waals surface area contributed by atoms with Crippen molar-refractivity contribution in [2.24, 2.45) is 0 Å². The Labute approximate surface area is 165 Å². The van der Waals surface area contributed by atoms with E-state index in [-0.39, 0.29) is 5.91 Å². The highest BCUT2D eigenvalue weighted by Crippen LogP contribution is 2.27. The summed E-state index contributed by atoms with van der Waals surface area (Å²) in [6, 6.07) is 11.0. The number of hydrogen-bond donors (Lipinski definition) is 1. The number of carbonyl (C=O) groups is 1. The number of thiazole rings is 1. The molecule has 3 heterocycles. The van der Waals surface area contributed by atoms with Crippen LogP contribution in [0.2, 0.25) is 5.02 Å². The molecule has 1 N–H and O–H groups in total. The fraction of sp³-hybridized carbons (Fsp3) is 0.211. The summed E-state index contributed by atoms with van der Waals surface area (Å²) in [5.41, 5.74) is 2.28. The van der Waals surface area contributed by atoms with E-state index in [1.165, 1.54) is 11.3 Å². The summed E-state index contributed by atoms with van der Waals surface area (Å²) in [5.74, 6) is 0.453. The molecule has 0 unspecified atom stereocenters. The van der Waals surface area contributed by atoms with E-state index in [0.717, 1.165) is 24.3 Å². The topological polar surface area (TPSA) is 67.4 Å². The van der Waals surface area contributed by atoms with E-state index in [9.17, 15) is 4.79 Å². The number of pyridine rings is 1. The first-order valence-electron chi connectivity index (χ1n) is 8.51. The predicted octanol–water partition coefficient (Wildman–Crippen LogP) is 3.95. The fourth-order valence-corrected chi connectivity index (χ4v) is 3.69. The molecule has 2 aromatic heterocycles. The third kappa shape index (κ3) is 4.10. The number of anilines is 2. The van der Waals surface area contributed by atoms with Gasteiger partial charge in [0.2, 0.25) is 0 Å². The number of ether oxygens (including phenoxy) is 1. The van der Waals surface area contributed by atoms with Gasteiger partial charge in [0, 0.05) is 35.3 Å². The maximum absolute atomic E-state index is 12.8. The van der Waals surface area contributed by atoms with Gasteiger partial charge in [-0.05, 0) is 24.3 Å². The minimum absolute atomic E-state index is 0.221. The van der Waals surface area contributed by atoms with Gasteiger partial charge in [-0.3, -0.25) is 10.1 Å². The molecule has 6 nitrogen and oxygen atoms in total. The van der Waals surface area contributed by atoms with Crippen LogP contribution in [0.15, 0.2) is 48.0 Å².